The van der Waals surface area contributed by atoms with E-state index >= 15 is 0 Å². The van der Waals surface area contributed by atoms with Crippen molar-refractivity contribution < 1.29 is 14.3 Å². The Kier molecular flexibility index (Phi) is 7.55. The summed E-state index contributed by atoms with van der Waals surface area (Å²) in [6.45, 7) is 3.72. The van der Waals surface area contributed by atoms with Crippen molar-refractivity contribution in [3.05, 3.63) is 64.1 Å². The van der Waals surface area contributed by atoms with Crippen molar-refractivity contribution in [3.8, 4) is 5.75 Å². The van der Waals surface area contributed by atoms with E-state index in [0.717, 1.165) is 4.47 Å². The van der Waals surface area contributed by atoms with E-state index in [9.17, 15) is 9.59 Å². The van der Waals surface area contributed by atoms with Crippen LogP contribution in [0.15, 0.2) is 58.1 Å². The number of halogens is 1. The van der Waals surface area contributed by atoms with Gasteiger partial charge in [0, 0.05) is 15.6 Å². The minimum absolute atomic E-state index is 0.103. The van der Waals surface area contributed by atoms with Gasteiger partial charge in [0.05, 0.1) is 13.3 Å². The standard InChI is InChI=1S/C20H22BrN3O3/c1-13(2)18(23-19(25)14-7-5-4-6-8-14)20(26)24-22-12-15-11-16(21)9-10-17(15)27-3/h4-13,18H,1-3H3,(H,23,25)(H,24,26). The lowest BCUT2D eigenvalue weighted by atomic mass is 10.0. The Hall–Kier alpha value is -2.67. The van der Waals surface area contributed by atoms with E-state index < -0.39 is 6.04 Å². The van der Waals surface area contributed by atoms with Gasteiger partial charge in [-0.25, -0.2) is 5.43 Å². The van der Waals surface area contributed by atoms with Gasteiger partial charge in [-0.05, 0) is 36.2 Å². The van der Waals surface area contributed by atoms with Crippen LogP contribution in [0.3, 0.4) is 0 Å². The van der Waals surface area contributed by atoms with E-state index in [2.05, 4.69) is 31.8 Å². The van der Waals surface area contributed by atoms with Gasteiger partial charge in [0.2, 0.25) is 0 Å². The topological polar surface area (TPSA) is 79.8 Å². The zero-order valence-electron chi connectivity index (χ0n) is 15.4. The van der Waals surface area contributed by atoms with Gasteiger partial charge in [0.15, 0.2) is 0 Å². The van der Waals surface area contributed by atoms with Crippen LogP contribution in [-0.2, 0) is 4.79 Å². The maximum absolute atomic E-state index is 12.5. The number of rotatable bonds is 7. The molecule has 2 amide bonds. The zero-order chi connectivity index (χ0) is 19.8. The summed E-state index contributed by atoms with van der Waals surface area (Å²) in [5.74, 6) is -0.163. The number of methoxy groups -OCH3 is 1. The second-order valence-corrected chi connectivity index (χ2v) is 7.10. The largest absolute Gasteiger partial charge is 0.496 e. The summed E-state index contributed by atoms with van der Waals surface area (Å²) >= 11 is 3.39. The SMILES string of the molecule is COc1ccc(Br)cc1C=NNC(=O)C(NC(=O)c1ccccc1)C(C)C. The van der Waals surface area contributed by atoms with Crippen LogP contribution in [0.1, 0.15) is 29.8 Å². The predicted octanol–water partition coefficient (Wildman–Crippen LogP) is 3.36. The molecule has 0 saturated heterocycles. The lowest BCUT2D eigenvalue weighted by Crippen LogP contribution is -2.48. The molecule has 1 atom stereocenters. The van der Waals surface area contributed by atoms with Crippen LogP contribution in [0.4, 0.5) is 0 Å². The first-order chi connectivity index (χ1) is 12.9. The van der Waals surface area contributed by atoms with E-state index in [1.54, 1.807) is 37.4 Å². The number of ether oxygens (including phenoxy) is 1. The Bertz CT molecular complexity index is 822. The summed E-state index contributed by atoms with van der Waals surface area (Å²) in [6, 6.07) is 13.5. The average Bonchev–Trinajstić information content (AvgIpc) is 2.66. The number of carbonyl (C=O) groups excluding carboxylic acids is 2. The van der Waals surface area contributed by atoms with Crippen molar-refractivity contribution in [2.75, 3.05) is 7.11 Å². The Morgan fingerprint density at radius 3 is 2.48 bits per heavy atom. The van der Waals surface area contributed by atoms with E-state index in [1.165, 1.54) is 6.21 Å². The third-order valence-corrected chi connectivity index (χ3v) is 4.34. The summed E-state index contributed by atoms with van der Waals surface area (Å²) < 4.78 is 6.13. The first-order valence-electron chi connectivity index (χ1n) is 8.44. The van der Waals surface area contributed by atoms with E-state index in [-0.39, 0.29) is 17.7 Å². The summed E-state index contributed by atoms with van der Waals surface area (Å²) in [6.07, 6.45) is 1.50. The van der Waals surface area contributed by atoms with Gasteiger partial charge >= 0.3 is 0 Å². The number of nitrogens with zero attached hydrogens (tertiary/aromatic N) is 1. The minimum atomic E-state index is -0.709. The Labute approximate surface area is 167 Å². The number of carbonyl (C=O) groups is 2. The van der Waals surface area contributed by atoms with Gasteiger partial charge in [0.25, 0.3) is 11.8 Å². The zero-order valence-corrected chi connectivity index (χ0v) is 17.0. The number of nitrogens with one attached hydrogen (secondary N) is 2. The fourth-order valence-corrected chi connectivity index (χ4v) is 2.77. The van der Waals surface area contributed by atoms with Crippen molar-refractivity contribution in [3.63, 3.8) is 0 Å². The van der Waals surface area contributed by atoms with Crippen LogP contribution in [0.5, 0.6) is 5.75 Å². The molecule has 142 valence electrons. The van der Waals surface area contributed by atoms with E-state index in [4.69, 9.17) is 4.74 Å². The number of amides is 2. The maximum Gasteiger partial charge on any atom is 0.262 e. The molecule has 2 rings (SSSR count). The second kappa shape index (κ2) is 9.87. The molecule has 0 spiro atoms. The summed E-state index contributed by atoms with van der Waals surface area (Å²) in [4.78, 5) is 24.8. The lowest BCUT2D eigenvalue weighted by Gasteiger charge is -2.20. The van der Waals surface area contributed by atoms with Crippen LogP contribution < -0.4 is 15.5 Å². The molecular formula is C20H22BrN3O3. The molecule has 0 bridgehead atoms. The molecule has 0 fully saturated rings. The van der Waals surface area contributed by atoms with Gasteiger partial charge in [-0.1, -0.05) is 48.0 Å². The summed E-state index contributed by atoms with van der Waals surface area (Å²) in [7, 11) is 1.56. The van der Waals surface area contributed by atoms with Crippen molar-refractivity contribution in [2.45, 2.75) is 19.9 Å². The normalized spacial score (nSPS) is 12.0. The lowest BCUT2D eigenvalue weighted by molar-refractivity contribution is -0.123. The Balaban J connectivity index is 2.05. The maximum atomic E-state index is 12.5. The fraction of sp³-hybridized carbons (Fsp3) is 0.250. The highest BCUT2D eigenvalue weighted by Gasteiger charge is 2.24. The number of hydrogen-bond donors (Lipinski definition) is 2. The molecule has 27 heavy (non-hydrogen) atoms. The molecule has 2 aromatic carbocycles. The fourth-order valence-electron chi connectivity index (χ4n) is 2.39. The monoisotopic (exact) mass is 431 g/mol. The quantitative estimate of drug-likeness (QED) is 0.520. The molecule has 0 radical (unpaired) electrons. The van der Waals surface area contributed by atoms with Gasteiger partial charge in [-0.2, -0.15) is 5.10 Å². The van der Waals surface area contributed by atoms with Gasteiger partial charge in [-0.15, -0.1) is 0 Å². The van der Waals surface area contributed by atoms with Crippen molar-refractivity contribution in [2.24, 2.45) is 11.0 Å². The smallest absolute Gasteiger partial charge is 0.262 e. The third-order valence-electron chi connectivity index (χ3n) is 3.84. The van der Waals surface area contributed by atoms with Crippen molar-refractivity contribution >= 4 is 34.0 Å². The molecule has 0 heterocycles. The van der Waals surface area contributed by atoms with Gasteiger partial charge in [-0.3, -0.25) is 9.59 Å². The van der Waals surface area contributed by atoms with E-state index in [0.29, 0.717) is 16.9 Å². The molecule has 0 saturated carbocycles. The van der Waals surface area contributed by atoms with Crippen molar-refractivity contribution in [1.82, 2.24) is 10.7 Å². The molecule has 7 heteroatoms. The Morgan fingerprint density at radius 2 is 1.85 bits per heavy atom. The van der Waals surface area contributed by atoms with Crippen LogP contribution >= 0.6 is 15.9 Å². The number of hydrazone groups is 1. The highest BCUT2D eigenvalue weighted by molar-refractivity contribution is 9.10. The van der Waals surface area contributed by atoms with Crippen LogP contribution in [0.25, 0.3) is 0 Å². The molecule has 6 nitrogen and oxygen atoms in total. The predicted molar refractivity (Wildman–Crippen MR) is 109 cm³/mol. The second-order valence-electron chi connectivity index (χ2n) is 6.18. The molecular weight excluding hydrogens is 410 g/mol. The number of benzene rings is 2. The highest BCUT2D eigenvalue weighted by atomic mass is 79.9. The average molecular weight is 432 g/mol. The van der Waals surface area contributed by atoms with Crippen LogP contribution in [0, 0.1) is 5.92 Å². The minimum Gasteiger partial charge on any atom is -0.496 e. The first kappa shape index (κ1) is 20.6. The molecule has 0 aliphatic carbocycles. The summed E-state index contributed by atoms with van der Waals surface area (Å²) in [5, 5.41) is 6.75. The highest BCUT2D eigenvalue weighted by Crippen LogP contribution is 2.21. The molecule has 1 unspecified atom stereocenters. The molecule has 0 aromatic heterocycles. The molecule has 2 N–H and O–H groups in total. The number of hydrogen-bond acceptors (Lipinski definition) is 4. The van der Waals surface area contributed by atoms with Gasteiger partial charge in [0.1, 0.15) is 11.8 Å². The van der Waals surface area contributed by atoms with E-state index in [1.807, 2.05) is 32.0 Å². The molecule has 0 aliphatic rings. The van der Waals surface area contributed by atoms with Crippen molar-refractivity contribution in [1.29, 1.82) is 0 Å². The molecule has 0 aliphatic heterocycles. The third kappa shape index (κ3) is 5.92. The van der Waals surface area contributed by atoms with Crippen LogP contribution in [-0.4, -0.2) is 31.2 Å². The summed E-state index contributed by atoms with van der Waals surface area (Å²) in [5.41, 5.74) is 3.69. The van der Waals surface area contributed by atoms with Crippen LogP contribution in [0.2, 0.25) is 0 Å². The molecule has 2 aromatic rings. The van der Waals surface area contributed by atoms with Gasteiger partial charge < -0.3 is 10.1 Å². The Morgan fingerprint density at radius 1 is 1.15 bits per heavy atom. The first-order valence-corrected chi connectivity index (χ1v) is 9.24.